The second-order valence-electron chi connectivity index (χ2n) is 3.66. The smallest absolute Gasteiger partial charge is 0.352 e. The van der Waals surface area contributed by atoms with Crippen molar-refractivity contribution in [2.24, 2.45) is 0 Å². The van der Waals surface area contributed by atoms with E-state index in [0.29, 0.717) is 0 Å². The van der Waals surface area contributed by atoms with Gasteiger partial charge in [-0.1, -0.05) is 4.89 Å². The lowest BCUT2D eigenvalue weighted by molar-refractivity contribution is 0.0683. The molecule has 17 heavy (non-hydrogen) atoms. The number of aromatic nitrogens is 1. The molecule has 0 radical (unpaired) electrons. The summed E-state index contributed by atoms with van der Waals surface area (Å²) in [5, 5.41) is 8.96. The van der Waals surface area contributed by atoms with Crippen LogP contribution in [0.4, 0.5) is 0 Å². The maximum absolute atomic E-state index is 11.6. The van der Waals surface area contributed by atoms with E-state index in [2.05, 4.69) is 4.84 Å². The highest BCUT2D eigenvalue weighted by atomic mass is 32.2. The number of nitrogens with one attached hydrogen (secondary N) is 1. The Labute approximate surface area is 99.0 Å². The fourth-order valence-electron chi connectivity index (χ4n) is 1.36. The Morgan fingerprint density at radius 3 is 2.47 bits per heavy atom. The van der Waals surface area contributed by atoms with Crippen LogP contribution in [-0.2, 0) is 14.9 Å². The molecule has 0 aliphatic heterocycles. The largest absolute Gasteiger partial charge is 0.477 e. The molecule has 0 spiro atoms. The number of carbonyl (C=O) groups is 1. The first kappa shape index (κ1) is 13.7. The average Bonchev–Trinajstić information content (AvgIpc) is 2.62. The molecule has 7 nitrogen and oxygen atoms in total. The van der Waals surface area contributed by atoms with E-state index in [9.17, 15) is 13.2 Å². The molecule has 1 aromatic heterocycles. The normalized spacial score (nSPS) is 12.0. The molecule has 1 heterocycles. The number of hydrogen-bond acceptors (Lipinski definition) is 4. The molecule has 0 atom stereocenters. The van der Waals surface area contributed by atoms with E-state index in [1.807, 2.05) is 4.89 Å². The van der Waals surface area contributed by atoms with Gasteiger partial charge in [0.05, 0.1) is 7.11 Å². The maximum atomic E-state index is 11.6. The van der Waals surface area contributed by atoms with Crippen molar-refractivity contribution in [1.29, 1.82) is 0 Å². The highest BCUT2D eigenvalue weighted by molar-refractivity contribution is 7.89. The standard InChI is InChI=1S/C9H14N2O5S/c1-6(2)11-5-7(4-8(11)9(12)13)17(14,15)10-16-3/h4-6,10H,1-3H3,(H,12,13). The van der Waals surface area contributed by atoms with E-state index < -0.39 is 16.0 Å². The first-order valence-electron chi connectivity index (χ1n) is 4.79. The van der Waals surface area contributed by atoms with Gasteiger partial charge in [0.25, 0.3) is 10.0 Å². The Balaban J connectivity index is 3.31. The van der Waals surface area contributed by atoms with Crippen molar-refractivity contribution >= 4 is 16.0 Å². The Hall–Kier alpha value is -1.38. The van der Waals surface area contributed by atoms with Crippen LogP contribution in [0.1, 0.15) is 30.4 Å². The van der Waals surface area contributed by atoms with E-state index in [-0.39, 0.29) is 16.6 Å². The van der Waals surface area contributed by atoms with Crippen LogP contribution in [0.15, 0.2) is 17.2 Å². The van der Waals surface area contributed by atoms with Gasteiger partial charge in [0.2, 0.25) is 0 Å². The first-order chi connectivity index (χ1) is 7.79. The van der Waals surface area contributed by atoms with Gasteiger partial charge in [-0.25, -0.2) is 13.2 Å². The van der Waals surface area contributed by atoms with Gasteiger partial charge in [-0.05, 0) is 19.9 Å². The van der Waals surface area contributed by atoms with Gasteiger partial charge in [0, 0.05) is 12.2 Å². The van der Waals surface area contributed by atoms with Gasteiger partial charge in [-0.2, -0.15) is 0 Å². The van der Waals surface area contributed by atoms with Gasteiger partial charge in [0.15, 0.2) is 0 Å². The molecule has 0 aliphatic rings. The number of carboxylic acid groups (broad SMARTS) is 1. The van der Waals surface area contributed by atoms with Gasteiger partial charge < -0.3 is 9.67 Å². The minimum atomic E-state index is -3.84. The third-order valence-corrected chi connectivity index (χ3v) is 3.33. The summed E-state index contributed by atoms with van der Waals surface area (Å²) in [6.45, 7) is 3.51. The Morgan fingerprint density at radius 1 is 1.53 bits per heavy atom. The summed E-state index contributed by atoms with van der Waals surface area (Å²) in [7, 11) is -2.67. The van der Waals surface area contributed by atoms with E-state index in [1.165, 1.54) is 10.8 Å². The van der Waals surface area contributed by atoms with E-state index in [4.69, 9.17) is 5.11 Å². The predicted octanol–water partition coefficient (Wildman–Crippen LogP) is 0.607. The molecule has 96 valence electrons. The molecule has 0 aromatic carbocycles. The van der Waals surface area contributed by atoms with E-state index >= 15 is 0 Å². The van der Waals surface area contributed by atoms with Gasteiger partial charge in [0.1, 0.15) is 10.6 Å². The SMILES string of the molecule is CONS(=O)(=O)c1cc(C(=O)O)n(C(C)C)c1. The monoisotopic (exact) mass is 262 g/mol. The van der Waals surface area contributed by atoms with Crippen molar-refractivity contribution in [2.45, 2.75) is 24.8 Å². The van der Waals surface area contributed by atoms with Crippen LogP contribution in [0.3, 0.4) is 0 Å². The summed E-state index contributed by atoms with van der Waals surface area (Å²) >= 11 is 0. The summed E-state index contributed by atoms with van der Waals surface area (Å²) in [5.74, 6) is -1.18. The topological polar surface area (TPSA) is 97.6 Å². The molecule has 1 rings (SSSR count). The summed E-state index contributed by atoms with van der Waals surface area (Å²) in [6, 6.07) is 0.927. The number of aromatic carboxylic acids is 1. The van der Waals surface area contributed by atoms with Crippen molar-refractivity contribution in [3.05, 3.63) is 18.0 Å². The van der Waals surface area contributed by atoms with Crippen LogP contribution >= 0.6 is 0 Å². The highest BCUT2D eigenvalue weighted by Gasteiger charge is 2.22. The van der Waals surface area contributed by atoms with E-state index in [0.717, 1.165) is 13.2 Å². The Kier molecular flexibility index (Phi) is 3.91. The fourth-order valence-corrected chi connectivity index (χ4v) is 2.19. The van der Waals surface area contributed by atoms with Crippen molar-refractivity contribution < 1.29 is 23.2 Å². The zero-order valence-corrected chi connectivity index (χ0v) is 10.5. The lowest BCUT2D eigenvalue weighted by Crippen LogP contribution is -2.21. The van der Waals surface area contributed by atoms with Crippen molar-refractivity contribution in [3.8, 4) is 0 Å². The molecule has 8 heteroatoms. The minimum absolute atomic E-state index is 0.0866. The van der Waals surface area contributed by atoms with E-state index in [1.54, 1.807) is 13.8 Å². The Bertz CT molecular complexity index is 517. The molecule has 0 saturated heterocycles. The lowest BCUT2D eigenvalue weighted by atomic mass is 10.3. The average molecular weight is 262 g/mol. The van der Waals surface area contributed by atoms with Gasteiger partial charge in [-0.15, -0.1) is 0 Å². The zero-order chi connectivity index (χ0) is 13.2. The molecule has 0 unspecified atom stereocenters. The molecule has 0 fully saturated rings. The number of rotatable bonds is 5. The number of sulfonamides is 1. The van der Waals surface area contributed by atoms with Crippen LogP contribution in [0.5, 0.6) is 0 Å². The molecule has 0 bridgehead atoms. The summed E-state index contributed by atoms with van der Waals surface area (Å²) in [6.07, 6.45) is 1.26. The first-order valence-corrected chi connectivity index (χ1v) is 6.28. The van der Waals surface area contributed by atoms with Crippen LogP contribution in [0, 0.1) is 0 Å². The maximum Gasteiger partial charge on any atom is 0.352 e. The number of nitrogens with zero attached hydrogens (tertiary/aromatic N) is 1. The highest BCUT2D eigenvalue weighted by Crippen LogP contribution is 2.18. The van der Waals surface area contributed by atoms with Gasteiger partial charge in [-0.3, -0.25) is 4.84 Å². The minimum Gasteiger partial charge on any atom is -0.477 e. The molecule has 0 aliphatic carbocycles. The molecule has 1 aromatic rings. The molecular formula is C9H14N2O5S. The quantitative estimate of drug-likeness (QED) is 0.757. The van der Waals surface area contributed by atoms with Crippen LogP contribution in [0.2, 0.25) is 0 Å². The summed E-state index contributed by atoms with van der Waals surface area (Å²) in [4.78, 5) is 17.0. The zero-order valence-electron chi connectivity index (χ0n) is 9.67. The summed E-state index contributed by atoms with van der Waals surface area (Å²) in [5.41, 5.74) is -0.0866. The third-order valence-electron chi connectivity index (χ3n) is 2.10. The van der Waals surface area contributed by atoms with Crippen molar-refractivity contribution in [3.63, 3.8) is 0 Å². The van der Waals surface area contributed by atoms with Crippen molar-refractivity contribution in [2.75, 3.05) is 7.11 Å². The number of hydrogen-bond donors (Lipinski definition) is 2. The van der Waals surface area contributed by atoms with Crippen LogP contribution in [-0.4, -0.2) is 31.2 Å². The third kappa shape index (κ3) is 2.84. The van der Waals surface area contributed by atoms with Crippen LogP contribution in [0.25, 0.3) is 0 Å². The van der Waals surface area contributed by atoms with Crippen LogP contribution < -0.4 is 4.89 Å². The second-order valence-corrected chi connectivity index (χ2v) is 5.30. The molecular weight excluding hydrogens is 248 g/mol. The Morgan fingerprint density at radius 2 is 2.12 bits per heavy atom. The molecule has 0 amide bonds. The van der Waals surface area contributed by atoms with Crippen molar-refractivity contribution in [1.82, 2.24) is 9.45 Å². The summed E-state index contributed by atoms with van der Waals surface area (Å²) < 4.78 is 24.6. The fraction of sp³-hybridized carbons (Fsp3) is 0.444. The predicted molar refractivity (Wildman–Crippen MR) is 59.1 cm³/mol. The molecule has 2 N–H and O–H groups in total. The second kappa shape index (κ2) is 4.86. The lowest BCUT2D eigenvalue weighted by Gasteiger charge is -2.09. The number of carboxylic acids is 1. The van der Waals surface area contributed by atoms with Gasteiger partial charge >= 0.3 is 5.97 Å². The molecule has 0 saturated carbocycles.